The first-order valence-corrected chi connectivity index (χ1v) is 6.68. The highest BCUT2D eigenvalue weighted by Crippen LogP contribution is 2.25. The normalized spacial score (nSPS) is 12.4. The lowest BCUT2D eigenvalue weighted by atomic mass is 10.0. The number of nitrogens with one attached hydrogen (secondary N) is 1. The molecule has 0 bridgehead atoms. The van der Waals surface area contributed by atoms with Gasteiger partial charge in [0.05, 0.1) is 5.92 Å². The van der Waals surface area contributed by atoms with Gasteiger partial charge < -0.3 is 9.57 Å². The number of hydroxylamine groups is 1. The first-order chi connectivity index (χ1) is 9.29. The van der Waals surface area contributed by atoms with Gasteiger partial charge in [-0.3, -0.25) is 0 Å². The van der Waals surface area contributed by atoms with Crippen LogP contribution in [0.5, 0.6) is 0 Å². The first-order valence-electron chi connectivity index (χ1n) is 5.55. The highest BCUT2D eigenvalue weighted by Gasteiger charge is 2.23. The lowest BCUT2D eigenvalue weighted by Crippen LogP contribution is -2.31. The van der Waals surface area contributed by atoms with E-state index in [1.807, 2.05) is 11.5 Å². The van der Waals surface area contributed by atoms with Crippen LogP contribution in [-0.2, 0) is 14.4 Å². The minimum Gasteiger partial charge on any atom is -0.443 e. The fourth-order valence-corrected chi connectivity index (χ4v) is 1.40. The zero-order valence-electron chi connectivity index (χ0n) is 10.4. The topological polar surface area (TPSA) is 64.6 Å². The number of rotatable bonds is 3. The van der Waals surface area contributed by atoms with Gasteiger partial charge in [0.25, 0.3) is 0 Å². The van der Waals surface area contributed by atoms with E-state index in [4.69, 9.17) is 34.8 Å². The molecule has 0 heterocycles. The molecule has 0 aromatic heterocycles. The monoisotopic (exact) mass is 339 g/mol. The Kier molecular flexibility index (Phi) is 6.39. The Labute approximate surface area is 131 Å². The molecule has 0 unspecified atom stereocenters. The molecule has 0 fully saturated rings. The van der Waals surface area contributed by atoms with E-state index in [0.29, 0.717) is 0 Å². The molecule has 0 aliphatic heterocycles. The van der Waals surface area contributed by atoms with Crippen molar-refractivity contribution in [3.8, 4) is 0 Å². The summed E-state index contributed by atoms with van der Waals surface area (Å²) in [5.74, 6) is -1.17. The molecular formula is C12H12Cl3NO4. The number of hydrogen-bond donors (Lipinski definition) is 1. The molecule has 1 rings (SSSR count). The smallest absolute Gasteiger partial charge is 0.440 e. The highest BCUT2D eigenvalue weighted by molar-refractivity contribution is 6.67. The molecule has 8 heteroatoms. The predicted octanol–water partition coefficient (Wildman–Crippen LogP) is 3.34. The number of benzene rings is 1. The van der Waals surface area contributed by atoms with E-state index in [-0.39, 0.29) is 0 Å². The maximum Gasteiger partial charge on any atom is 0.440 e. The molecule has 0 spiro atoms. The van der Waals surface area contributed by atoms with Gasteiger partial charge in [0.2, 0.25) is 3.79 Å². The summed E-state index contributed by atoms with van der Waals surface area (Å²) in [5.41, 5.74) is 2.58. The Morgan fingerprint density at radius 1 is 1.25 bits per heavy atom. The zero-order valence-corrected chi connectivity index (χ0v) is 12.7. The SMILES string of the molecule is C[C@H](C(=O)ONC(=O)OCC(Cl)(Cl)Cl)c1ccccc1. The van der Waals surface area contributed by atoms with Gasteiger partial charge >= 0.3 is 12.1 Å². The second-order valence-electron chi connectivity index (χ2n) is 3.85. The molecule has 0 radical (unpaired) electrons. The van der Waals surface area contributed by atoms with Crippen LogP contribution in [0, 0.1) is 0 Å². The fraction of sp³-hybridized carbons (Fsp3) is 0.333. The summed E-state index contributed by atoms with van der Waals surface area (Å²) in [5, 5.41) is 0. The molecule has 1 aromatic rings. The van der Waals surface area contributed by atoms with Crippen molar-refractivity contribution in [1.29, 1.82) is 0 Å². The predicted molar refractivity (Wildman–Crippen MR) is 75.7 cm³/mol. The summed E-state index contributed by atoms with van der Waals surface area (Å²) in [6.07, 6.45) is -1.02. The van der Waals surface area contributed by atoms with E-state index in [9.17, 15) is 9.59 Å². The minimum absolute atomic E-state index is 0.463. The second-order valence-corrected chi connectivity index (χ2v) is 6.36. The molecule has 0 saturated carbocycles. The van der Waals surface area contributed by atoms with Crippen molar-refractivity contribution < 1.29 is 19.2 Å². The molecule has 1 amide bonds. The first kappa shape index (κ1) is 16.9. The van der Waals surface area contributed by atoms with Crippen LogP contribution in [0.2, 0.25) is 0 Å². The number of carbonyl (C=O) groups excluding carboxylic acids is 2. The summed E-state index contributed by atoms with van der Waals surface area (Å²) >= 11 is 16.2. The highest BCUT2D eigenvalue weighted by atomic mass is 35.6. The summed E-state index contributed by atoms with van der Waals surface area (Å²) < 4.78 is 2.80. The molecular weight excluding hydrogens is 328 g/mol. The third kappa shape index (κ3) is 6.32. The Balaban J connectivity index is 2.38. The lowest BCUT2D eigenvalue weighted by molar-refractivity contribution is -0.151. The van der Waals surface area contributed by atoms with E-state index < -0.39 is 28.4 Å². The van der Waals surface area contributed by atoms with Crippen molar-refractivity contribution in [3.05, 3.63) is 35.9 Å². The van der Waals surface area contributed by atoms with E-state index in [1.54, 1.807) is 31.2 Å². The average Bonchev–Trinajstić information content (AvgIpc) is 2.41. The molecule has 0 aliphatic rings. The Morgan fingerprint density at radius 3 is 2.40 bits per heavy atom. The fourth-order valence-electron chi connectivity index (χ4n) is 1.23. The van der Waals surface area contributed by atoms with Crippen molar-refractivity contribution in [2.24, 2.45) is 0 Å². The van der Waals surface area contributed by atoms with Gasteiger partial charge in [0, 0.05) is 0 Å². The third-order valence-electron chi connectivity index (χ3n) is 2.26. The summed E-state index contributed by atoms with van der Waals surface area (Å²) in [6.45, 7) is 1.18. The second kappa shape index (κ2) is 7.57. The third-order valence-corrected chi connectivity index (χ3v) is 2.58. The standard InChI is InChI=1S/C12H12Cl3NO4/c1-8(9-5-3-2-4-6-9)10(17)20-16-11(18)19-7-12(13,14)15/h2-6,8H,7H2,1H3,(H,16,18)/t8-/m0/s1. The van der Waals surface area contributed by atoms with Gasteiger partial charge in [-0.15, -0.1) is 5.48 Å². The van der Waals surface area contributed by atoms with Gasteiger partial charge in [-0.25, -0.2) is 9.59 Å². The maximum absolute atomic E-state index is 11.7. The number of ether oxygens (including phenoxy) is 1. The van der Waals surface area contributed by atoms with Crippen molar-refractivity contribution in [3.63, 3.8) is 0 Å². The Bertz CT molecular complexity index is 462. The number of alkyl halides is 3. The van der Waals surface area contributed by atoms with Crippen molar-refractivity contribution >= 4 is 46.9 Å². The Hall–Kier alpha value is -1.17. The average molecular weight is 341 g/mol. The van der Waals surface area contributed by atoms with Crippen LogP contribution in [0.15, 0.2) is 30.3 Å². The quantitative estimate of drug-likeness (QED) is 0.677. The number of amides is 1. The Morgan fingerprint density at radius 2 is 1.85 bits per heavy atom. The van der Waals surface area contributed by atoms with E-state index in [1.165, 1.54) is 0 Å². The van der Waals surface area contributed by atoms with Crippen LogP contribution in [0.1, 0.15) is 18.4 Å². The van der Waals surface area contributed by atoms with E-state index in [0.717, 1.165) is 5.56 Å². The molecule has 20 heavy (non-hydrogen) atoms. The largest absolute Gasteiger partial charge is 0.443 e. The van der Waals surface area contributed by atoms with Gasteiger partial charge in [0.15, 0.2) is 0 Å². The number of carbonyl (C=O) groups is 2. The van der Waals surface area contributed by atoms with Crippen LogP contribution in [0.4, 0.5) is 4.79 Å². The van der Waals surface area contributed by atoms with Gasteiger partial charge in [-0.1, -0.05) is 65.1 Å². The van der Waals surface area contributed by atoms with E-state index >= 15 is 0 Å². The van der Waals surface area contributed by atoms with E-state index in [2.05, 4.69) is 9.57 Å². The van der Waals surface area contributed by atoms with Gasteiger partial charge in [-0.05, 0) is 12.5 Å². The summed E-state index contributed by atoms with van der Waals surface area (Å²) in [4.78, 5) is 27.4. The maximum atomic E-state index is 11.7. The van der Waals surface area contributed by atoms with Crippen molar-refractivity contribution in [2.75, 3.05) is 6.61 Å². The summed E-state index contributed by atoms with van der Waals surface area (Å²) in [6, 6.07) is 8.96. The number of hydrogen-bond acceptors (Lipinski definition) is 4. The summed E-state index contributed by atoms with van der Waals surface area (Å²) in [7, 11) is 0. The van der Waals surface area contributed by atoms with Crippen LogP contribution in [0.3, 0.4) is 0 Å². The van der Waals surface area contributed by atoms with Crippen molar-refractivity contribution in [1.82, 2.24) is 5.48 Å². The van der Waals surface area contributed by atoms with Crippen LogP contribution < -0.4 is 5.48 Å². The molecule has 1 aromatic carbocycles. The molecule has 1 N–H and O–H groups in total. The van der Waals surface area contributed by atoms with Crippen LogP contribution in [-0.4, -0.2) is 22.5 Å². The van der Waals surface area contributed by atoms with Crippen LogP contribution >= 0.6 is 34.8 Å². The zero-order chi connectivity index (χ0) is 15.2. The minimum atomic E-state index is -1.72. The van der Waals surface area contributed by atoms with Gasteiger partial charge in [0.1, 0.15) is 6.61 Å². The molecule has 0 aliphatic carbocycles. The lowest BCUT2D eigenvalue weighted by Gasteiger charge is -2.13. The van der Waals surface area contributed by atoms with Crippen molar-refractivity contribution in [2.45, 2.75) is 16.6 Å². The molecule has 5 nitrogen and oxygen atoms in total. The molecule has 110 valence electrons. The number of halogens is 3. The van der Waals surface area contributed by atoms with Gasteiger partial charge in [-0.2, -0.15) is 0 Å². The molecule has 1 atom stereocenters. The molecule has 0 saturated heterocycles. The van der Waals surface area contributed by atoms with Crippen LogP contribution in [0.25, 0.3) is 0 Å².